The fourth-order valence-electron chi connectivity index (χ4n) is 2.61. The quantitative estimate of drug-likeness (QED) is 0.537. The first-order valence-electron chi connectivity index (χ1n) is 7.86. The zero-order valence-electron chi connectivity index (χ0n) is 13.3. The van der Waals surface area contributed by atoms with E-state index >= 15 is 0 Å². The Morgan fingerprint density at radius 2 is 1.80 bits per heavy atom. The standard InChI is InChI=1S/C18H16N6O/c25-18(19-12-15-11-13-3-1-2-4-17(13)22-15)23-14-5-7-16(8-6-14)24-20-9-10-21-24/h1-11,22H,12H2,(H2,19,23,25). The van der Waals surface area contributed by atoms with Crippen LogP contribution in [0.3, 0.4) is 0 Å². The molecular weight excluding hydrogens is 316 g/mol. The van der Waals surface area contributed by atoms with Crippen LogP contribution in [-0.4, -0.2) is 26.0 Å². The molecule has 25 heavy (non-hydrogen) atoms. The van der Waals surface area contributed by atoms with E-state index in [9.17, 15) is 4.79 Å². The Morgan fingerprint density at radius 1 is 1.04 bits per heavy atom. The molecule has 0 saturated carbocycles. The normalized spacial score (nSPS) is 10.7. The minimum Gasteiger partial charge on any atom is -0.357 e. The summed E-state index contributed by atoms with van der Waals surface area (Å²) in [7, 11) is 0. The van der Waals surface area contributed by atoms with Crippen molar-refractivity contribution in [2.75, 3.05) is 5.32 Å². The van der Waals surface area contributed by atoms with E-state index in [1.165, 1.54) is 4.80 Å². The summed E-state index contributed by atoms with van der Waals surface area (Å²) in [5.74, 6) is 0. The van der Waals surface area contributed by atoms with Crippen molar-refractivity contribution in [1.29, 1.82) is 0 Å². The van der Waals surface area contributed by atoms with E-state index in [1.807, 2.05) is 42.5 Å². The fraction of sp³-hybridized carbons (Fsp3) is 0.0556. The van der Waals surface area contributed by atoms with Gasteiger partial charge in [0, 0.05) is 16.9 Å². The number of nitrogens with zero attached hydrogens (tertiary/aromatic N) is 3. The van der Waals surface area contributed by atoms with Gasteiger partial charge in [-0.3, -0.25) is 0 Å². The first-order valence-corrected chi connectivity index (χ1v) is 7.86. The molecular formula is C18H16N6O. The highest BCUT2D eigenvalue weighted by Crippen LogP contribution is 2.15. The van der Waals surface area contributed by atoms with Gasteiger partial charge in [0.25, 0.3) is 0 Å². The minimum absolute atomic E-state index is 0.261. The molecule has 124 valence electrons. The van der Waals surface area contributed by atoms with Gasteiger partial charge in [0.1, 0.15) is 0 Å². The van der Waals surface area contributed by atoms with E-state index in [0.29, 0.717) is 12.2 Å². The molecule has 2 aromatic carbocycles. The van der Waals surface area contributed by atoms with Gasteiger partial charge in [0.05, 0.1) is 24.6 Å². The number of carbonyl (C=O) groups is 1. The molecule has 2 aromatic heterocycles. The molecule has 0 aliphatic rings. The van der Waals surface area contributed by atoms with Gasteiger partial charge in [-0.2, -0.15) is 15.0 Å². The Kier molecular flexibility index (Phi) is 3.88. The van der Waals surface area contributed by atoms with Crippen molar-refractivity contribution in [2.24, 2.45) is 0 Å². The lowest BCUT2D eigenvalue weighted by Crippen LogP contribution is -2.28. The molecule has 4 rings (SSSR count). The summed E-state index contributed by atoms with van der Waals surface area (Å²) >= 11 is 0. The van der Waals surface area contributed by atoms with Crippen molar-refractivity contribution in [3.63, 3.8) is 0 Å². The topological polar surface area (TPSA) is 87.6 Å². The Balaban J connectivity index is 1.35. The third-order valence-corrected chi connectivity index (χ3v) is 3.80. The zero-order valence-corrected chi connectivity index (χ0v) is 13.3. The van der Waals surface area contributed by atoms with Crippen LogP contribution in [0.15, 0.2) is 67.0 Å². The highest BCUT2D eigenvalue weighted by Gasteiger charge is 2.05. The third-order valence-electron chi connectivity index (χ3n) is 3.80. The fourth-order valence-corrected chi connectivity index (χ4v) is 2.61. The van der Waals surface area contributed by atoms with Crippen LogP contribution in [0.25, 0.3) is 16.6 Å². The lowest BCUT2D eigenvalue weighted by Gasteiger charge is -2.07. The van der Waals surface area contributed by atoms with Crippen LogP contribution < -0.4 is 10.6 Å². The number of H-pyrrole nitrogens is 1. The summed E-state index contributed by atoms with van der Waals surface area (Å²) in [5.41, 5.74) is 3.54. The maximum absolute atomic E-state index is 12.0. The van der Waals surface area contributed by atoms with Crippen molar-refractivity contribution in [1.82, 2.24) is 25.3 Å². The van der Waals surface area contributed by atoms with Gasteiger partial charge in [-0.1, -0.05) is 18.2 Å². The lowest BCUT2D eigenvalue weighted by atomic mass is 10.2. The number of hydrogen-bond acceptors (Lipinski definition) is 3. The molecule has 2 amide bonds. The van der Waals surface area contributed by atoms with E-state index in [2.05, 4.69) is 25.8 Å². The molecule has 0 spiro atoms. The van der Waals surface area contributed by atoms with E-state index in [-0.39, 0.29) is 6.03 Å². The summed E-state index contributed by atoms with van der Waals surface area (Å²) in [6, 6.07) is 17.1. The second-order valence-corrected chi connectivity index (χ2v) is 5.55. The number of anilines is 1. The van der Waals surface area contributed by atoms with Crippen LogP contribution in [0.2, 0.25) is 0 Å². The highest BCUT2D eigenvalue weighted by molar-refractivity contribution is 5.89. The zero-order chi connectivity index (χ0) is 17.1. The second-order valence-electron chi connectivity index (χ2n) is 5.55. The number of amides is 2. The van der Waals surface area contributed by atoms with Gasteiger partial charge >= 0.3 is 6.03 Å². The van der Waals surface area contributed by atoms with Crippen LogP contribution in [0.1, 0.15) is 5.69 Å². The molecule has 0 radical (unpaired) electrons. The molecule has 7 heteroatoms. The molecule has 0 fully saturated rings. The Labute approximate surface area is 143 Å². The molecule has 2 heterocycles. The number of aromatic nitrogens is 4. The van der Waals surface area contributed by atoms with Crippen molar-refractivity contribution in [2.45, 2.75) is 6.54 Å². The summed E-state index contributed by atoms with van der Waals surface area (Å²) in [5, 5.41) is 14.9. The van der Waals surface area contributed by atoms with Gasteiger partial charge in [-0.25, -0.2) is 4.79 Å². The molecule has 7 nitrogen and oxygen atoms in total. The molecule has 0 aliphatic heterocycles. The van der Waals surface area contributed by atoms with Crippen LogP contribution in [0.5, 0.6) is 0 Å². The van der Waals surface area contributed by atoms with E-state index in [0.717, 1.165) is 22.3 Å². The maximum atomic E-state index is 12.0. The number of para-hydroxylation sites is 1. The Bertz CT molecular complexity index is 955. The second kappa shape index (κ2) is 6.48. The molecule has 0 aliphatic carbocycles. The monoisotopic (exact) mass is 332 g/mol. The number of urea groups is 1. The summed E-state index contributed by atoms with van der Waals surface area (Å²) in [6.07, 6.45) is 3.23. The van der Waals surface area contributed by atoms with Gasteiger partial charge in [-0.05, 0) is 41.8 Å². The van der Waals surface area contributed by atoms with Crippen molar-refractivity contribution in [3.8, 4) is 5.69 Å². The van der Waals surface area contributed by atoms with Gasteiger partial charge < -0.3 is 15.6 Å². The lowest BCUT2D eigenvalue weighted by molar-refractivity contribution is 0.251. The molecule has 0 unspecified atom stereocenters. The predicted octanol–water partition coefficient (Wildman–Crippen LogP) is 3.07. The number of carbonyl (C=O) groups excluding carboxylic acids is 1. The van der Waals surface area contributed by atoms with Crippen LogP contribution in [0.4, 0.5) is 10.5 Å². The number of nitrogens with one attached hydrogen (secondary N) is 3. The average molecular weight is 332 g/mol. The van der Waals surface area contributed by atoms with Gasteiger partial charge in [0.2, 0.25) is 0 Å². The first kappa shape index (κ1) is 14.9. The summed E-state index contributed by atoms with van der Waals surface area (Å²) in [4.78, 5) is 16.8. The van der Waals surface area contributed by atoms with E-state index in [1.54, 1.807) is 24.5 Å². The number of hydrogen-bond donors (Lipinski definition) is 3. The molecule has 3 N–H and O–H groups in total. The number of aromatic amines is 1. The third kappa shape index (κ3) is 3.35. The Morgan fingerprint density at radius 3 is 2.56 bits per heavy atom. The van der Waals surface area contributed by atoms with Crippen molar-refractivity contribution < 1.29 is 4.79 Å². The van der Waals surface area contributed by atoms with E-state index in [4.69, 9.17) is 0 Å². The smallest absolute Gasteiger partial charge is 0.319 e. The predicted molar refractivity (Wildman–Crippen MR) is 95.5 cm³/mol. The Hall–Kier alpha value is -3.61. The number of rotatable bonds is 4. The van der Waals surface area contributed by atoms with Gasteiger partial charge in [-0.15, -0.1) is 0 Å². The summed E-state index contributed by atoms with van der Waals surface area (Å²) < 4.78 is 0. The largest absolute Gasteiger partial charge is 0.357 e. The number of fused-ring (bicyclic) bond motifs is 1. The van der Waals surface area contributed by atoms with Crippen molar-refractivity contribution >= 4 is 22.6 Å². The highest BCUT2D eigenvalue weighted by atomic mass is 16.2. The molecule has 0 saturated heterocycles. The SMILES string of the molecule is O=C(NCc1cc2ccccc2[nH]1)Nc1ccc(-n2nccn2)cc1. The maximum Gasteiger partial charge on any atom is 0.319 e. The molecule has 0 atom stereocenters. The molecule has 4 aromatic rings. The van der Waals surface area contributed by atoms with Crippen LogP contribution >= 0.6 is 0 Å². The first-order chi connectivity index (χ1) is 12.3. The minimum atomic E-state index is -0.261. The summed E-state index contributed by atoms with van der Waals surface area (Å²) in [6.45, 7) is 0.426. The average Bonchev–Trinajstić information content (AvgIpc) is 3.30. The molecule has 0 bridgehead atoms. The number of benzene rings is 2. The van der Waals surface area contributed by atoms with E-state index < -0.39 is 0 Å². The van der Waals surface area contributed by atoms with Crippen molar-refractivity contribution in [3.05, 3.63) is 72.7 Å². The van der Waals surface area contributed by atoms with Gasteiger partial charge in [0.15, 0.2) is 0 Å². The van der Waals surface area contributed by atoms with Crippen LogP contribution in [0, 0.1) is 0 Å². The van der Waals surface area contributed by atoms with Crippen LogP contribution in [-0.2, 0) is 6.54 Å².